The molecule has 0 aromatic heterocycles. The van der Waals surface area contributed by atoms with Gasteiger partial charge in [0.25, 0.3) is 0 Å². The molecule has 114 valence electrons. The normalized spacial score (nSPS) is 21.3. The molecule has 4 nitrogen and oxygen atoms in total. The van der Waals surface area contributed by atoms with Crippen LogP contribution in [0.15, 0.2) is 18.2 Å². The number of halogens is 1. The lowest BCUT2D eigenvalue weighted by molar-refractivity contribution is -0.0773. The van der Waals surface area contributed by atoms with E-state index >= 15 is 0 Å². The van der Waals surface area contributed by atoms with E-state index in [4.69, 9.17) is 4.74 Å². The number of rotatable bonds is 4. The maximum absolute atomic E-state index is 11.6. The van der Waals surface area contributed by atoms with E-state index in [0.717, 1.165) is 24.9 Å². The monoisotopic (exact) mass is 352 g/mol. The Morgan fingerprint density at radius 2 is 2.24 bits per heavy atom. The van der Waals surface area contributed by atoms with E-state index in [2.05, 4.69) is 33.4 Å². The summed E-state index contributed by atoms with van der Waals surface area (Å²) in [6.45, 7) is 0.657. The molecule has 1 aromatic rings. The van der Waals surface area contributed by atoms with Gasteiger partial charge in [-0.3, -0.25) is 0 Å². The molecule has 0 spiro atoms. The van der Waals surface area contributed by atoms with Gasteiger partial charge in [0.05, 0.1) is 5.60 Å². The first-order chi connectivity index (χ1) is 10.0. The minimum absolute atomic E-state index is 0.0431. The third kappa shape index (κ3) is 2.81. The van der Waals surface area contributed by atoms with Crippen molar-refractivity contribution in [3.8, 4) is 0 Å². The Morgan fingerprint density at radius 1 is 1.48 bits per heavy atom. The zero-order valence-corrected chi connectivity index (χ0v) is 14.1. The third-order valence-electron chi connectivity index (χ3n) is 4.74. The maximum atomic E-state index is 11.6. The first kappa shape index (κ1) is 14.9. The van der Waals surface area contributed by atoms with Gasteiger partial charge in [0.2, 0.25) is 0 Å². The zero-order chi connectivity index (χ0) is 15.0. The van der Waals surface area contributed by atoms with Crippen molar-refractivity contribution in [1.82, 2.24) is 4.90 Å². The maximum Gasteiger partial charge on any atom is 0.321 e. The smallest absolute Gasteiger partial charge is 0.321 e. The Labute approximate surface area is 134 Å². The van der Waals surface area contributed by atoms with Crippen LogP contribution >= 0.6 is 15.9 Å². The summed E-state index contributed by atoms with van der Waals surface area (Å²) in [5.74, 6) is 0. The highest BCUT2D eigenvalue weighted by Crippen LogP contribution is 2.45. The highest BCUT2D eigenvalue weighted by Gasteiger charge is 2.38. The summed E-state index contributed by atoms with van der Waals surface area (Å²) in [5.41, 5.74) is 3.39. The van der Waals surface area contributed by atoms with E-state index < -0.39 is 0 Å². The topological polar surface area (TPSA) is 41.6 Å². The predicted octanol–water partition coefficient (Wildman–Crippen LogP) is 4.06. The molecule has 1 heterocycles. The van der Waals surface area contributed by atoms with Gasteiger partial charge in [-0.15, -0.1) is 0 Å². The van der Waals surface area contributed by atoms with Crippen molar-refractivity contribution in [3.63, 3.8) is 0 Å². The van der Waals surface area contributed by atoms with Gasteiger partial charge in [0.15, 0.2) is 0 Å². The van der Waals surface area contributed by atoms with E-state index in [-0.39, 0.29) is 16.5 Å². The molecule has 1 N–H and O–H groups in total. The van der Waals surface area contributed by atoms with Crippen molar-refractivity contribution >= 4 is 27.6 Å². The lowest BCUT2D eigenvalue weighted by Crippen LogP contribution is -2.40. The lowest BCUT2D eigenvalue weighted by Gasteiger charge is -2.42. The second kappa shape index (κ2) is 5.61. The zero-order valence-electron chi connectivity index (χ0n) is 12.5. The van der Waals surface area contributed by atoms with Crippen molar-refractivity contribution in [3.05, 3.63) is 29.3 Å². The van der Waals surface area contributed by atoms with Crippen LogP contribution in [-0.2, 0) is 11.3 Å². The molecule has 0 bridgehead atoms. The first-order valence-electron chi connectivity index (χ1n) is 7.37. The summed E-state index contributed by atoms with van der Waals surface area (Å²) in [6, 6.07) is 6.24. The molecule has 0 saturated heterocycles. The molecule has 1 saturated carbocycles. The van der Waals surface area contributed by atoms with E-state index in [1.165, 1.54) is 17.5 Å². The fourth-order valence-electron chi connectivity index (χ4n) is 3.11. The number of hydrogen-bond acceptors (Lipinski definition) is 2. The van der Waals surface area contributed by atoms with Gasteiger partial charge in [-0.2, -0.15) is 0 Å². The van der Waals surface area contributed by atoms with Gasteiger partial charge in [0.1, 0.15) is 0 Å². The molecular weight excluding hydrogens is 332 g/mol. The molecule has 1 atom stereocenters. The number of nitrogens with zero attached hydrogens (tertiary/aromatic N) is 1. The van der Waals surface area contributed by atoms with Gasteiger partial charge >= 0.3 is 6.03 Å². The SMILES string of the molecule is COC1(CC(Br)c2ccc3c(c2)CN(C)C(=O)N3)CCC1. The molecule has 2 aliphatic rings. The number of carbonyl (C=O) groups is 1. The molecule has 0 radical (unpaired) electrons. The van der Waals surface area contributed by atoms with E-state index in [1.54, 1.807) is 4.90 Å². The number of methoxy groups -OCH3 is 1. The summed E-state index contributed by atoms with van der Waals surface area (Å²) in [6.07, 6.45) is 4.55. The number of ether oxygens (including phenoxy) is 1. The Bertz CT molecular complexity index is 552. The summed E-state index contributed by atoms with van der Waals surface area (Å²) in [4.78, 5) is 13.6. The van der Waals surface area contributed by atoms with Gasteiger partial charge < -0.3 is 15.0 Å². The number of hydrogen-bond donors (Lipinski definition) is 1. The summed E-state index contributed by atoms with van der Waals surface area (Å²) in [7, 11) is 3.63. The van der Waals surface area contributed by atoms with Crippen LogP contribution in [0.5, 0.6) is 0 Å². The van der Waals surface area contributed by atoms with Gasteiger partial charge in [-0.1, -0.05) is 28.1 Å². The predicted molar refractivity (Wildman–Crippen MR) is 86.8 cm³/mol. The van der Waals surface area contributed by atoms with Crippen LogP contribution in [-0.4, -0.2) is 30.7 Å². The minimum atomic E-state index is -0.0431. The van der Waals surface area contributed by atoms with E-state index in [1.807, 2.05) is 20.2 Å². The average Bonchev–Trinajstić information content (AvgIpc) is 2.43. The van der Waals surface area contributed by atoms with Crippen molar-refractivity contribution in [2.45, 2.75) is 42.7 Å². The number of fused-ring (bicyclic) bond motifs is 1. The highest BCUT2D eigenvalue weighted by atomic mass is 79.9. The Hall–Kier alpha value is -1.07. The number of alkyl halides is 1. The molecule has 1 aliphatic carbocycles. The molecule has 1 aliphatic heterocycles. The van der Waals surface area contributed by atoms with Crippen LogP contribution < -0.4 is 5.32 Å². The summed E-state index contributed by atoms with van der Waals surface area (Å²) in [5, 5.41) is 2.90. The molecule has 1 fully saturated rings. The van der Waals surface area contributed by atoms with Crippen LogP contribution in [0.3, 0.4) is 0 Å². The Balaban J connectivity index is 1.77. The van der Waals surface area contributed by atoms with Crippen molar-refractivity contribution < 1.29 is 9.53 Å². The molecule has 5 heteroatoms. The quantitative estimate of drug-likeness (QED) is 0.830. The number of carbonyl (C=O) groups excluding carboxylic acids is 1. The molecule has 1 unspecified atom stereocenters. The first-order valence-corrected chi connectivity index (χ1v) is 8.29. The van der Waals surface area contributed by atoms with Crippen LogP contribution in [0, 0.1) is 0 Å². The van der Waals surface area contributed by atoms with Crippen LogP contribution in [0.4, 0.5) is 10.5 Å². The fourth-order valence-corrected chi connectivity index (χ4v) is 3.98. The van der Waals surface area contributed by atoms with Crippen molar-refractivity contribution in [2.75, 3.05) is 19.5 Å². The third-order valence-corrected chi connectivity index (χ3v) is 5.59. The van der Waals surface area contributed by atoms with Gasteiger partial charge in [-0.05, 0) is 42.9 Å². The van der Waals surface area contributed by atoms with Crippen molar-refractivity contribution in [1.29, 1.82) is 0 Å². The molecule has 21 heavy (non-hydrogen) atoms. The molecule has 1 aromatic carbocycles. The summed E-state index contributed by atoms with van der Waals surface area (Å²) < 4.78 is 5.71. The van der Waals surface area contributed by atoms with Gasteiger partial charge in [0, 0.05) is 31.2 Å². The van der Waals surface area contributed by atoms with E-state index in [9.17, 15) is 4.79 Å². The molecule has 2 amide bonds. The Kier molecular flexibility index (Phi) is 3.97. The second-order valence-corrected chi connectivity index (χ2v) is 7.22. The van der Waals surface area contributed by atoms with Crippen LogP contribution in [0.25, 0.3) is 0 Å². The number of amides is 2. The van der Waals surface area contributed by atoms with Crippen LogP contribution in [0.1, 0.15) is 41.6 Å². The fraction of sp³-hybridized carbons (Fsp3) is 0.562. The Morgan fingerprint density at radius 3 is 2.86 bits per heavy atom. The van der Waals surface area contributed by atoms with E-state index in [0.29, 0.717) is 6.54 Å². The number of urea groups is 1. The number of nitrogens with one attached hydrogen (secondary N) is 1. The lowest BCUT2D eigenvalue weighted by atomic mass is 9.76. The number of anilines is 1. The van der Waals surface area contributed by atoms with Gasteiger partial charge in [-0.25, -0.2) is 4.79 Å². The molecule has 3 rings (SSSR count). The van der Waals surface area contributed by atoms with Crippen molar-refractivity contribution in [2.24, 2.45) is 0 Å². The second-order valence-electron chi connectivity index (χ2n) is 6.12. The largest absolute Gasteiger partial charge is 0.378 e. The van der Waals surface area contributed by atoms with Crippen LogP contribution in [0.2, 0.25) is 0 Å². The standard InChI is InChI=1S/C16H21BrN2O2/c1-19-10-12-8-11(4-5-14(12)18-15(19)20)13(17)9-16(21-2)6-3-7-16/h4-5,8,13H,3,6-7,9-10H2,1-2H3,(H,18,20). The summed E-state index contributed by atoms with van der Waals surface area (Å²) >= 11 is 3.81. The minimum Gasteiger partial charge on any atom is -0.378 e. The molecular formula is C16H21BrN2O2. The number of benzene rings is 1. The highest BCUT2D eigenvalue weighted by molar-refractivity contribution is 9.09. The average molecular weight is 353 g/mol.